The largest absolute Gasteiger partial charge is 0.382 e. The van der Waals surface area contributed by atoms with E-state index >= 15 is 0 Å². The molecule has 0 bridgehead atoms. The van der Waals surface area contributed by atoms with Crippen molar-refractivity contribution < 1.29 is 4.39 Å². The number of aryl methyl sites for hydroxylation is 2. The molecule has 1 aromatic carbocycles. The Morgan fingerprint density at radius 3 is 2.88 bits per heavy atom. The van der Waals surface area contributed by atoms with Crippen LogP contribution in [0.3, 0.4) is 0 Å². The van der Waals surface area contributed by atoms with Gasteiger partial charge in [0.15, 0.2) is 0 Å². The highest BCUT2D eigenvalue weighted by molar-refractivity contribution is 5.46. The molecule has 4 heteroatoms. The summed E-state index contributed by atoms with van der Waals surface area (Å²) < 4.78 is 15.5. The van der Waals surface area contributed by atoms with E-state index in [1.54, 1.807) is 12.3 Å². The maximum Gasteiger partial charge on any atom is 0.146 e. The topological polar surface area (TPSA) is 29.9 Å². The number of halogens is 1. The summed E-state index contributed by atoms with van der Waals surface area (Å²) in [6.07, 6.45) is 4.44. The molecule has 0 aliphatic rings. The van der Waals surface area contributed by atoms with Crippen molar-refractivity contribution in [2.75, 3.05) is 11.9 Å². The SMILES string of the molecule is Cc1ccc(NCCc2nccn2C)c(F)c1. The Morgan fingerprint density at radius 1 is 1.41 bits per heavy atom. The molecule has 3 nitrogen and oxygen atoms in total. The van der Waals surface area contributed by atoms with E-state index in [2.05, 4.69) is 10.3 Å². The van der Waals surface area contributed by atoms with Gasteiger partial charge in [0.05, 0.1) is 5.69 Å². The van der Waals surface area contributed by atoms with Crippen molar-refractivity contribution in [1.82, 2.24) is 9.55 Å². The Balaban J connectivity index is 1.92. The third-order valence-electron chi connectivity index (χ3n) is 2.71. The molecule has 0 spiro atoms. The van der Waals surface area contributed by atoms with Crippen molar-refractivity contribution in [3.63, 3.8) is 0 Å². The van der Waals surface area contributed by atoms with E-state index in [4.69, 9.17) is 0 Å². The maximum atomic E-state index is 13.5. The Bertz CT molecular complexity index is 505. The van der Waals surface area contributed by atoms with Crippen LogP contribution in [0.4, 0.5) is 10.1 Å². The molecular formula is C13H16FN3. The van der Waals surface area contributed by atoms with Gasteiger partial charge in [0.2, 0.25) is 0 Å². The Morgan fingerprint density at radius 2 is 2.24 bits per heavy atom. The lowest BCUT2D eigenvalue weighted by molar-refractivity contribution is 0.628. The molecule has 0 atom stereocenters. The summed E-state index contributed by atoms with van der Waals surface area (Å²) in [7, 11) is 1.95. The molecule has 0 radical (unpaired) electrons. The maximum absolute atomic E-state index is 13.5. The zero-order valence-corrected chi connectivity index (χ0v) is 10.1. The molecule has 2 aromatic rings. The number of nitrogens with zero attached hydrogens (tertiary/aromatic N) is 2. The van der Waals surface area contributed by atoms with Crippen LogP contribution in [0.1, 0.15) is 11.4 Å². The predicted molar refractivity (Wildman–Crippen MR) is 66.5 cm³/mol. The Hall–Kier alpha value is -1.84. The molecular weight excluding hydrogens is 217 g/mol. The van der Waals surface area contributed by atoms with Gasteiger partial charge in [-0.3, -0.25) is 0 Å². The molecule has 0 aliphatic heterocycles. The highest BCUT2D eigenvalue weighted by Gasteiger charge is 2.02. The first-order valence-electron chi connectivity index (χ1n) is 5.63. The molecule has 0 unspecified atom stereocenters. The third kappa shape index (κ3) is 2.84. The average Bonchev–Trinajstić information content (AvgIpc) is 2.68. The first kappa shape index (κ1) is 11.6. The van der Waals surface area contributed by atoms with Gasteiger partial charge in [0.25, 0.3) is 0 Å². The van der Waals surface area contributed by atoms with Crippen LogP contribution in [-0.4, -0.2) is 16.1 Å². The second-order valence-corrected chi connectivity index (χ2v) is 4.11. The van der Waals surface area contributed by atoms with Gasteiger partial charge in [-0.05, 0) is 24.6 Å². The molecule has 0 saturated carbocycles. The molecule has 1 N–H and O–H groups in total. The van der Waals surface area contributed by atoms with Crippen LogP contribution < -0.4 is 5.32 Å². The van der Waals surface area contributed by atoms with Gasteiger partial charge in [-0.2, -0.15) is 0 Å². The monoisotopic (exact) mass is 233 g/mol. The van der Waals surface area contributed by atoms with Crippen LogP contribution in [0, 0.1) is 12.7 Å². The number of benzene rings is 1. The number of aromatic nitrogens is 2. The van der Waals surface area contributed by atoms with Gasteiger partial charge in [0, 0.05) is 32.4 Å². The van der Waals surface area contributed by atoms with Gasteiger partial charge < -0.3 is 9.88 Å². The van der Waals surface area contributed by atoms with Gasteiger partial charge >= 0.3 is 0 Å². The fourth-order valence-corrected chi connectivity index (χ4v) is 1.71. The van der Waals surface area contributed by atoms with Crippen molar-refractivity contribution in [3.05, 3.63) is 47.8 Å². The lowest BCUT2D eigenvalue weighted by Gasteiger charge is -2.08. The standard InChI is InChI=1S/C13H16FN3/c1-10-3-4-12(11(14)9-10)15-6-5-13-16-7-8-17(13)2/h3-4,7-9,15H,5-6H2,1-2H3. The minimum absolute atomic E-state index is 0.204. The van der Waals surface area contributed by atoms with Crippen molar-refractivity contribution in [2.24, 2.45) is 7.05 Å². The number of imidazole rings is 1. The van der Waals surface area contributed by atoms with Gasteiger partial charge in [-0.15, -0.1) is 0 Å². The molecule has 17 heavy (non-hydrogen) atoms. The molecule has 1 heterocycles. The number of rotatable bonds is 4. The normalized spacial score (nSPS) is 10.5. The zero-order chi connectivity index (χ0) is 12.3. The summed E-state index contributed by atoms with van der Waals surface area (Å²) >= 11 is 0. The summed E-state index contributed by atoms with van der Waals surface area (Å²) in [4.78, 5) is 4.21. The minimum Gasteiger partial charge on any atom is -0.382 e. The number of hydrogen-bond acceptors (Lipinski definition) is 2. The first-order valence-corrected chi connectivity index (χ1v) is 5.63. The molecule has 0 saturated heterocycles. The van der Waals surface area contributed by atoms with E-state index in [-0.39, 0.29) is 5.82 Å². The lowest BCUT2D eigenvalue weighted by Crippen LogP contribution is -2.09. The van der Waals surface area contributed by atoms with Crippen molar-refractivity contribution >= 4 is 5.69 Å². The third-order valence-corrected chi connectivity index (χ3v) is 2.71. The molecule has 1 aromatic heterocycles. The lowest BCUT2D eigenvalue weighted by atomic mass is 10.2. The second-order valence-electron chi connectivity index (χ2n) is 4.11. The highest BCUT2D eigenvalue weighted by atomic mass is 19.1. The van der Waals surface area contributed by atoms with Crippen LogP contribution in [0.2, 0.25) is 0 Å². The Labute approximate surface area is 100 Å². The van der Waals surface area contributed by atoms with Crippen LogP contribution in [0.15, 0.2) is 30.6 Å². The Kier molecular flexibility index (Phi) is 3.42. The van der Waals surface area contributed by atoms with Crippen LogP contribution in [0.5, 0.6) is 0 Å². The molecule has 0 amide bonds. The summed E-state index contributed by atoms with van der Waals surface area (Å²) in [5.41, 5.74) is 1.47. The molecule has 90 valence electrons. The summed E-state index contributed by atoms with van der Waals surface area (Å²) in [6, 6.07) is 5.19. The highest BCUT2D eigenvalue weighted by Crippen LogP contribution is 2.14. The first-order chi connectivity index (χ1) is 8.16. The summed E-state index contributed by atoms with van der Waals surface area (Å²) in [6.45, 7) is 2.55. The van der Waals surface area contributed by atoms with Gasteiger partial charge in [0.1, 0.15) is 11.6 Å². The molecule has 0 fully saturated rings. The zero-order valence-electron chi connectivity index (χ0n) is 10.1. The van der Waals surface area contributed by atoms with Crippen molar-refractivity contribution in [2.45, 2.75) is 13.3 Å². The van der Waals surface area contributed by atoms with Crippen molar-refractivity contribution in [3.8, 4) is 0 Å². The van der Waals surface area contributed by atoms with Crippen LogP contribution >= 0.6 is 0 Å². The van der Waals surface area contributed by atoms with Crippen molar-refractivity contribution in [1.29, 1.82) is 0 Å². The van der Waals surface area contributed by atoms with E-state index in [0.717, 1.165) is 17.8 Å². The number of anilines is 1. The molecule has 2 rings (SSSR count). The number of hydrogen-bond donors (Lipinski definition) is 1. The van der Waals surface area contributed by atoms with Gasteiger partial charge in [-0.25, -0.2) is 9.37 Å². The smallest absolute Gasteiger partial charge is 0.146 e. The van der Waals surface area contributed by atoms with E-state index in [1.807, 2.05) is 30.8 Å². The average molecular weight is 233 g/mol. The number of nitrogens with one attached hydrogen (secondary N) is 1. The predicted octanol–water partition coefficient (Wildman–Crippen LogP) is 2.52. The van der Waals surface area contributed by atoms with E-state index in [9.17, 15) is 4.39 Å². The fraction of sp³-hybridized carbons (Fsp3) is 0.308. The quantitative estimate of drug-likeness (QED) is 0.879. The van der Waals surface area contributed by atoms with E-state index in [1.165, 1.54) is 6.07 Å². The van der Waals surface area contributed by atoms with Crippen LogP contribution in [-0.2, 0) is 13.5 Å². The molecule has 0 aliphatic carbocycles. The van der Waals surface area contributed by atoms with Gasteiger partial charge in [-0.1, -0.05) is 6.07 Å². The summed E-state index contributed by atoms with van der Waals surface area (Å²) in [5, 5.41) is 3.08. The second kappa shape index (κ2) is 4.99. The fourth-order valence-electron chi connectivity index (χ4n) is 1.71. The van der Waals surface area contributed by atoms with E-state index in [0.29, 0.717) is 12.2 Å². The summed E-state index contributed by atoms with van der Waals surface area (Å²) in [5.74, 6) is 0.787. The minimum atomic E-state index is -0.204. The van der Waals surface area contributed by atoms with E-state index < -0.39 is 0 Å². The van der Waals surface area contributed by atoms with Crippen LogP contribution in [0.25, 0.3) is 0 Å².